The highest BCUT2D eigenvalue weighted by atomic mass is 19.3. The molecule has 0 aromatic carbocycles. The van der Waals surface area contributed by atoms with Gasteiger partial charge in [-0.15, -0.1) is 0 Å². The standard InChI is InChI=1S/C10H12F2N2O2/c1-2-16-9(15)4-6-3-8(10(11)12)14-5-7(6)13/h3,5,10H,2,4,13H2,1H3. The molecule has 1 aromatic heterocycles. The molecular formula is C10H12F2N2O2. The van der Waals surface area contributed by atoms with Crippen molar-refractivity contribution in [2.24, 2.45) is 0 Å². The van der Waals surface area contributed by atoms with E-state index in [9.17, 15) is 13.6 Å². The molecule has 0 unspecified atom stereocenters. The Morgan fingerprint density at radius 2 is 2.31 bits per heavy atom. The first kappa shape index (κ1) is 12.4. The van der Waals surface area contributed by atoms with Crippen LogP contribution in [0.5, 0.6) is 0 Å². The predicted molar refractivity (Wildman–Crippen MR) is 53.9 cm³/mol. The molecule has 1 rings (SSSR count). The van der Waals surface area contributed by atoms with Crippen LogP contribution in [-0.2, 0) is 16.0 Å². The first-order valence-electron chi connectivity index (χ1n) is 4.72. The lowest BCUT2D eigenvalue weighted by Gasteiger charge is -2.07. The number of nitrogen functional groups attached to an aromatic ring is 1. The van der Waals surface area contributed by atoms with E-state index in [0.29, 0.717) is 5.56 Å². The van der Waals surface area contributed by atoms with E-state index in [0.717, 1.165) is 12.3 Å². The smallest absolute Gasteiger partial charge is 0.310 e. The van der Waals surface area contributed by atoms with Crippen molar-refractivity contribution in [2.75, 3.05) is 12.3 Å². The summed E-state index contributed by atoms with van der Waals surface area (Å²) in [5.41, 5.74) is 5.64. The number of ether oxygens (including phenoxy) is 1. The van der Waals surface area contributed by atoms with Crippen LogP contribution in [0.3, 0.4) is 0 Å². The van der Waals surface area contributed by atoms with Crippen molar-refractivity contribution < 1.29 is 18.3 Å². The zero-order valence-corrected chi connectivity index (χ0v) is 8.74. The largest absolute Gasteiger partial charge is 0.466 e. The third-order valence-electron chi connectivity index (χ3n) is 1.91. The van der Waals surface area contributed by atoms with E-state index in [1.54, 1.807) is 6.92 Å². The summed E-state index contributed by atoms with van der Waals surface area (Å²) in [5.74, 6) is -0.499. The second kappa shape index (κ2) is 5.39. The second-order valence-corrected chi connectivity index (χ2v) is 3.09. The minimum atomic E-state index is -2.68. The minimum Gasteiger partial charge on any atom is -0.466 e. The maximum atomic E-state index is 12.3. The normalized spacial score (nSPS) is 10.5. The van der Waals surface area contributed by atoms with Crippen molar-refractivity contribution in [3.8, 4) is 0 Å². The number of hydrogen-bond donors (Lipinski definition) is 1. The molecule has 0 aliphatic heterocycles. The molecule has 0 saturated carbocycles. The zero-order chi connectivity index (χ0) is 12.1. The molecular weight excluding hydrogens is 218 g/mol. The number of esters is 1. The summed E-state index contributed by atoms with van der Waals surface area (Å²) in [4.78, 5) is 14.6. The number of aromatic nitrogens is 1. The Morgan fingerprint density at radius 3 is 2.88 bits per heavy atom. The molecule has 2 N–H and O–H groups in total. The Bertz CT molecular complexity index is 383. The number of anilines is 1. The predicted octanol–water partition coefficient (Wildman–Crippen LogP) is 1.71. The Labute approximate surface area is 91.4 Å². The van der Waals surface area contributed by atoms with E-state index < -0.39 is 18.1 Å². The van der Waals surface area contributed by atoms with Gasteiger partial charge in [-0.25, -0.2) is 8.78 Å². The quantitative estimate of drug-likeness (QED) is 0.799. The number of hydrogen-bond acceptors (Lipinski definition) is 4. The fourth-order valence-corrected chi connectivity index (χ4v) is 1.17. The molecule has 1 heterocycles. The second-order valence-electron chi connectivity index (χ2n) is 3.09. The number of nitrogens with two attached hydrogens (primary N) is 1. The molecule has 0 fully saturated rings. The average Bonchev–Trinajstić information content (AvgIpc) is 2.21. The van der Waals surface area contributed by atoms with Crippen LogP contribution in [-0.4, -0.2) is 17.6 Å². The number of carbonyl (C=O) groups is 1. The van der Waals surface area contributed by atoms with Gasteiger partial charge in [0.05, 0.1) is 24.9 Å². The minimum absolute atomic E-state index is 0.123. The molecule has 0 aliphatic rings. The number of nitrogens with zero attached hydrogens (tertiary/aromatic N) is 1. The van der Waals surface area contributed by atoms with E-state index in [2.05, 4.69) is 4.98 Å². The molecule has 0 amide bonds. The Balaban J connectivity index is 2.86. The van der Waals surface area contributed by atoms with E-state index >= 15 is 0 Å². The highest BCUT2D eigenvalue weighted by Gasteiger charge is 2.13. The fraction of sp³-hybridized carbons (Fsp3) is 0.400. The molecule has 4 nitrogen and oxygen atoms in total. The van der Waals surface area contributed by atoms with Crippen LogP contribution in [0.25, 0.3) is 0 Å². The van der Waals surface area contributed by atoms with Gasteiger partial charge in [0.2, 0.25) is 0 Å². The topological polar surface area (TPSA) is 65.2 Å². The van der Waals surface area contributed by atoms with Gasteiger partial charge in [0.15, 0.2) is 0 Å². The van der Waals surface area contributed by atoms with Crippen LogP contribution in [0, 0.1) is 0 Å². The van der Waals surface area contributed by atoms with Gasteiger partial charge < -0.3 is 10.5 Å². The summed E-state index contributed by atoms with van der Waals surface area (Å²) in [5, 5.41) is 0. The van der Waals surface area contributed by atoms with Gasteiger partial charge in [0.1, 0.15) is 5.69 Å². The summed E-state index contributed by atoms with van der Waals surface area (Å²) < 4.78 is 29.4. The number of rotatable bonds is 4. The summed E-state index contributed by atoms with van der Waals surface area (Å²) in [6.07, 6.45) is -1.68. The van der Waals surface area contributed by atoms with Crippen LogP contribution in [0.2, 0.25) is 0 Å². The van der Waals surface area contributed by atoms with Gasteiger partial charge >= 0.3 is 5.97 Å². The van der Waals surface area contributed by atoms with Gasteiger partial charge in [-0.2, -0.15) is 0 Å². The van der Waals surface area contributed by atoms with Crippen molar-refractivity contribution in [2.45, 2.75) is 19.8 Å². The van der Waals surface area contributed by atoms with Crippen LogP contribution in [0.15, 0.2) is 12.3 Å². The zero-order valence-electron chi connectivity index (χ0n) is 8.74. The molecule has 0 saturated heterocycles. The number of pyridine rings is 1. The first-order valence-corrected chi connectivity index (χ1v) is 4.72. The molecule has 0 atom stereocenters. The van der Waals surface area contributed by atoms with Crippen molar-refractivity contribution in [3.63, 3.8) is 0 Å². The van der Waals surface area contributed by atoms with Crippen LogP contribution < -0.4 is 5.73 Å². The monoisotopic (exact) mass is 230 g/mol. The highest BCUT2D eigenvalue weighted by Crippen LogP contribution is 2.20. The number of halogens is 2. The maximum Gasteiger partial charge on any atom is 0.310 e. The molecule has 0 radical (unpaired) electrons. The third-order valence-corrected chi connectivity index (χ3v) is 1.91. The summed E-state index contributed by atoms with van der Waals surface area (Å²) >= 11 is 0. The Kier molecular flexibility index (Phi) is 4.16. The van der Waals surface area contributed by atoms with Gasteiger partial charge in [0.25, 0.3) is 6.43 Å². The molecule has 0 spiro atoms. The lowest BCUT2D eigenvalue weighted by atomic mass is 10.1. The van der Waals surface area contributed by atoms with Crippen molar-refractivity contribution >= 4 is 11.7 Å². The molecule has 1 aromatic rings. The highest BCUT2D eigenvalue weighted by molar-refractivity contribution is 5.74. The van der Waals surface area contributed by atoms with Crippen LogP contribution >= 0.6 is 0 Å². The summed E-state index contributed by atoms with van der Waals surface area (Å²) in [7, 11) is 0. The Hall–Kier alpha value is -1.72. The van der Waals surface area contributed by atoms with E-state index in [-0.39, 0.29) is 18.7 Å². The lowest BCUT2D eigenvalue weighted by molar-refractivity contribution is -0.142. The van der Waals surface area contributed by atoms with Gasteiger partial charge in [-0.3, -0.25) is 9.78 Å². The first-order chi connectivity index (χ1) is 7.54. The van der Waals surface area contributed by atoms with Gasteiger partial charge in [-0.1, -0.05) is 0 Å². The number of alkyl halides is 2. The van der Waals surface area contributed by atoms with E-state index in [4.69, 9.17) is 10.5 Å². The van der Waals surface area contributed by atoms with Crippen molar-refractivity contribution in [3.05, 3.63) is 23.5 Å². The summed E-state index contributed by atoms with van der Waals surface area (Å²) in [6, 6.07) is 1.12. The average molecular weight is 230 g/mol. The third kappa shape index (κ3) is 3.15. The molecule has 16 heavy (non-hydrogen) atoms. The lowest BCUT2D eigenvalue weighted by Crippen LogP contribution is -2.10. The van der Waals surface area contributed by atoms with E-state index in [1.165, 1.54) is 0 Å². The van der Waals surface area contributed by atoms with Crippen LogP contribution in [0.1, 0.15) is 24.6 Å². The van der Waals surface area contributed by atoms with Crippen molar-refractivity contribution in [1.82, 2.24) is 4.98 Å². The SMILES string of the molecule is CCOC(=O)Cc1cc(C(F)F)ncc1N. The summed E-state index contributed by atoms with van der Waals surface area (Å²) in [6.45, 7) is 1.91. The Morgan fingerprint density at radius 1 is 1.62 bits per heavy atom. The molecule has 6 heteroatoms. The van der Waals surface area contributed by atoms with Gasteiger partial charge in [-0.05, 0) is 18.6 Å². The van der Waals surface area contributed by atoms with E-state index in [1.807, 2.05) is 0 Å². The molecule has 0 aliphatic carbocycles. The number of carbonyl (C=O) groups excluding carboxylic acids is 1. The fourth-order valence-electron chi connectivity index (χ4n) is 1.17. The maximum absolute atomic E-state index is 12.3. The van der Waals surface area contributed by atoms with Crippen molar-refractivity contribution in [1.29, 1.82) is 0 Å². The molecule has 0 bridgehead atoms. The molecule has 88 valence electrons. The van der Waals surface area contributed by atoms with Crippen LogP contribution in [0.4, 0.5) is 14.5 Å². The van der Waals surface area contributed by atoms with Gasteiger partial charge in [0, 0.05) is 0 Å².